The summed E-state index contributed by atoms with van der Waals surface area (Å²) >= 11 is 0. The highest BCUT2D eigenvalue weighted by Gasteiger charge is 2.42. The highest BCUT2D eigenvalue weighted by Crippen LogP contribution is 2.38. The van der Waals surface area contributed by atoms with Crippen molar-refractivity contribution < 1.29 is 0 Å². The van der Waals surface area contributed by atoms with Gasteiger partial charge in [0.25, 0.3) is 0 Å². The van der Waals surface area contributed by atoms with Crippen molar-refractivity contribution >= 4 is 5.82 Å². The van der Waals surface area contributed by atoms with Crippen molar-refractivity contribution in [2.24, 2.45) is 5.92 Å². The summed E-state index contributed by atoms with van der Waals surface area (Å²) < 4.78 is 2.01. The molecular formula is C22H34N8. The first kappa shape index (κ1) is 19.9. The van der Waals surface area contributed by atoms with Crippen LogP contribution in [0.1, 0.15) is 50.5 Å². The van der Waals surface area contributed by atoms with Gasteiger partial charge in [0.15, 0.2) is 0 Å². The number of pyridine rings is 1. The van der Waals surface area contributed by atoms with Crippen LogP contribution in [0.5, 0.6) is 0 Å². The quantitative estimate of drug-likeness (QED) is 0.606. The van der Waals surface area contributed by atoms with Gasteiger partial charge in [0.2, 0.25) is 0 Å². The summed E-state index contributed by atoms with van der Waals surface area (Å²) in [6.07, 6.45) is 5.25. The Kier molecular flexibility index (Phi) is 5.26. The fourth-order valence-corrected chi connectivity index (χ4v) is 5.18. The van der Waals surface area contributed by atoms with Crippen LogP contribution in [0.15, 0.2) is 30.6 Å². The Labute approximate surface area is 178 Å². The van der Waals surface area contributed by atoms with E-state index in [1.807, 2.05) is 10.9 Å². The molecular weight excluding hydrogens is 376 g/mol. The number of hydrogen-bond acceptors (Lipinski definition) is 7. The summed E-state index contributed by atoms with van der Waals surface area (Å²) in [4.78, 5) is 7.52. The zero-order chi connectivity index (χ0) is 20.7. The largest absolute Gasteiger partial charge is 0.354 e. The molecule has 0 aliphatic carbocycles. The van der Waals surface area contributed by atoms with E-state index < -0.39 is 0 Å². The van der Waals surface area contributed by atoms with E-state index in [2.05, 4.69) is 76.7 Å². The molecule has 2 aromatic heterocycles. The lowest BCUT2D eigenvalue weighted by molar-refractivity contribution is 0.265. The van der Waals surface area contributed by atoms with Crippen molar-refractivity contribution in [1.82, 2.24) is 36.2 Å². The van der Waals surface area contributed by atoms with Crippen molar-refractivity contribution in [2.45, 2.75) is 57.4 Å². The van der Waals surface area contributed by atoms with Crippen LogP contribution in [0, 0.1) is 5.92 Å². The number of nitrogens with zero attached hydrogens (tertiary/aromatic N) is 4. The first-order chi connectivity index (χ1) is 14.5. The predicted octanol–water partition coefficient (Wildman–Crippen LogP) is 1.35. The summed E-state index contributed by atoms with van der Waals surface area (Å²) in [5.41, 5.74) is 9.58. The number of piperidine rings is 1. The van der Waals surface area contributed by atoms with Crippen LogP contribution in [-0.2, 0) is 6.54 Å². The Morgan fingerprint density at radius 2 is 2.13 bits per heavy atom. The summed E-state index contributed by atoms with van der Waals surface area (Å²) in [7, 11) is 0. The van der Waals surface area contributed by atoms with Gasteiger partial charge in [-0.1, -0.05) is 6.07 Å². The second kappa shape index (κ2) is 7.92. The van der Waals surface area contributed by atoms with E-state index in [0.29, 0.717) is 18.0 Å². The standard InChI is InChI=1S/C22H34N8/c1-4-30-13-15(11-25-30)18-10-16-19(12-23-18)27-28-21(16)17-6-5-7-20(26-17)29-9-8-24-22(2,3)14-29/h5-7,11,13,16,18-19,21,23-24,27-28H,4,8-10,12,14H2,1-3H3. The molecule has 162 valence electrons. The Morgan fingerprint density at radius 1 is 1.23 bits per heavy atom. The zero-order valence-corrected chi connectivity index (χ0v) is 18.2. The Bertz CT molecular complexity index is 878. The minimum absolute atomic E-state index is 0.111. The van der Waals surface area contributed by atoms with E-state index in [1.54, 1.807) is 0 Å². The molecule has 4 unspecified atom stereocenters. The summed E-state index contributed by atoms with van der Waals surface area (Å²) in [5.74, 6) is 1.57. The van der Waals surface area contributed by atoms with E-state index in [9.17, 15) is 0 Å². The predicted molar refractivity (Wildman–Crippen MR) is 118 cm³/mol. The number of aryl methyl sites for hydroxylation is 1. The maximum absolute atomic E-state index is 5.11. The number of anilines is 1. The average molecular weight is 411 g/mol. The average Bonchev–Trinajstić information content (AvgIpc) is 3.40. The molecule has 0 aromatic carbocycles. The molecule has 4 N–H and O–H groups in total. The second-order valence-corrected chi connectivity index (χ2v) is 9.52. The smallest absolute Gasteiger partial charge is 0.128 e. The van der Waals surface area contributed by atoms with Gasteiger partial charge >= 0.3 is 0 Å². The van der Waals surface area contributed by atoms with Crippen LogP contribution in [0.4, 0.5) is 5.82 Å². The van der Waals surface area contributed by atoms with Crippen LogP contribution in [-0.4, -0.2) is 52.5 Å². The third-order valence-corrected chi connectivity index (χ3v) is 6.81. The van der Waals surface area contributed by atoms with Crippen LogP contribution in [0.25, 0.3) is 0 Å². The molecule has 0 spiro atoms. The molecule has 0 bridgehead atoms. The Hall–Kier alpha value is -2.00. The maximum Gasteiger partial charge on any atom is 0.128 e. The first-order valence-corrected chi connectivity index (χ1v) is 11.3. The van der Waals surface area contributed by atoms with Gasteiger partial charge in [-0.25, -0.2) is 10.4 Å². The molecule has 3 saturated heterocycles. The van der Waals surface area contributed by atoms with E-state index in [1.165, 1.54) is 5.56 Å². The van der Waals surface area contributed by atoms with E-state index in [4.69, 9.17) is 4.98 Å². The van der Waals surface area contributed by atoms with Gasteiger partial charge in [-0.3, -0.25) is 10.1 Å². The van der Waals surface area contributed by atoms with Crippen LogP contribution < -0.4 is 26.4 Å². The number of nitrogens with one attached hydrogen (secondary N) is 4. The van der Waals surface area contributed by atoms with Gasteiger partial charge in [-0.05, 0) is 39.3 Å². The number of hydrogen-bond donors (Lipinski definition) is 4. The van der Waals surface area contributed by atoms with Gasteiger partial charge in [-0.15, -0.1) is 0 Å². The van der Waals surface area contributed by atoms with Crippen LogP contribution >= 0.6 is 0 Å². The molecule has 8 heteroatoms. The number of piperazine rings is 1. The minimum atomic E-state index is 0.111. The normalized spacial score (nSPS) is 31.0. The fourth-order valence-electron chi connectivity index (χ4n) is 5.18. The van der Waals surface area contributed by atoms with E-state index in [0.717, 1.165) is 50.7 Å². The van der Waals surface area contributed by atoms with Crippen molar-refractivity contribution in [3.8, 4) is 0 Å². The maximum atomic E-state index is 5.11. The van der Waals surface area contributed by atoms with Gasteiger partial charge < -0.3 is 15.5 Å². The monoisotopic (exact) mass is 410 g/mol. The molecule has 3 aliphatic rings. The Balaban J connectivity index is 1.34. The van der Waals surface area contributed by atoms with Crippen LogP contribution in [0.2, 0.25) is 0 Å². The molecule has 3 fully saturated rings. The number of rotatable bonds is 4. The molecule has 2 aromatic rings. The molecule has 3 aliphatic heterocycles. The summed E-state index contributed by atoms with van der Waals surface area (Å²) in [6, 6.07) is 7.45. The molecule has 30 heavy (non-hydrogen) atoms. The van der Waals surface area contributed by atoms with Gasteiger partial charge in [0, 0.05) is 68.0 Å². The van der Waals surface area contributed by atoms with Crippen molar-refractivity contribution in [1.29, 1.82) is 0 Å². The van der Waals surface area contributed by atoms with E-state index in [-0.39, 0.29) is 11.6 Å². The molecule has 5 heterocycles. The SMILES string of the molecule is CCn1cc(C2CC3C(CN2)NNC3c2cccc(N3CCNC(C)(C)C3)n2)cn1. The van der Waals surface area contributed by atoms with Gasteiger partial charge in [-0.2, -0.15) is 5.10 Å². The van der Waals surface area contributed by atoms with E-state index >= 15 is 0 Å². The van der Waals surface area contributed by atoms with Crippen molar-refractivity contribution in [3.05, 3.63) is 41.9 Å². The van der Waals surface area contributed by atoms with Gasteiger partial charge in [0.05, 0.1) is 17.9 Å². The topological polar surface area (TPSA) is 82.1 Å². The van der Waals surface area contributed by atoms with Crippen LogP contribution in [0.3, 0.4) is 0 Å². The second-order valence-electron chi connectivity index (χ2n) is 9.52. The third kappa shape index (κ3) is 3.85. The molecule has 0 amide bonds. The first-order valence-electron chi connectivity index (χ1n) is 11.3. The number of fused-ring (bicyclic) bond motifs is 1. The van der Waals surface area contributed by atoms with Gasteiger partial charge in [0.1, 0.15) is 5.82 Å². The van der Waals surface area contributed by atoms with Crippen molar-refractivity contribution in [3.63, 3.8) is 0 Å². The summed E-state index contributed by atoms with van der Waals surface area (Å²) in [5, 5.41) is 11.8. The number of hydrazine groups is 1. The lowest BCUT2D eigenvalue weighted by atomic mass is 9.82. The molecule has 4 atom stereocenters. The molecule has 8 nitrogen and oxygen atoms in total. The lowest BCUT2D eigenvalue weighted by Gasteiger charge is -2.40. The molecule has 5 rings (SSSR count). The highest BCUT2D eigenvalue weighted by molar-refractivity contribution is 5.41. The molecule has 0 saturated carbocycles. The Morgan fingerprint density at radius 3 is 2.93 bits per heavy atom. The molecule has 0 radical (unpaired) electrons. The highest BCUT2D eigenvalue weighted by atomic mass is 15.4. The lowest BCUT2D eigenvalue weighted by Crippen LogP contribution is -2.57. The fraction of sp³-hybridized carbons (Fsp3) is 0.636. The minimum Gasteiger partial charge on any atom is -0.354 e. The zero-order valence-electron chi connectivity index (χ0n) is 18.2. The van der Waals surface area contributed by atoms with Crippen molar-refractivity contribution in [2.75, 3.05) is 31.1 Å². The summed E-state index contributed by atoms with van der Waals surface area (Å²) in [6.45, 7) is 11.4. The number of aromatic nitrogens is 3. The third-order valence-electron chi connectivity index (χ3n) is 6.81.